The van der Waals surface area contributed by atoms with Crippen LogP contribution in [0.25, 0.3) is 0 Å². The van der Waals surface area contributed by atoms with Crippen LogP contribution in [0.1, 0.15) is 17.7 Å². The Morgan fingerprint density at radius 2 is 1.86 bits per heavy atom. The lowest BCUT2D eigenvalue weighted by Crippen LogP contribution is -2.10. The summed E-state index contributed by atoms with van der Waals surface area (Å²) in [5.74, 6) is 5.61. The Hall–Kier alpha value is -1.11. The normalized spacial score (nSPS) is 10.7. The molecule has 2 rings (SSSR count). The number of benzene rings is 1. The zero-order valence-electron chi connectivity index (χ0n) is 11.7. The fourth-order valence-electron chi connectivity index (χ4n) is 1.90. The molecule has 0 atom stereocenters. The van der Waals surface area contributed by atoms with E-state index in [1.54, 1.807) is 18.2 Å². The van der Waals surface area contributed by atoms with Gasteiger partial charge in [-0.25, -0.2) is 15.9 Å². The summed E-state index contributed by atoms with van der Waals surface area (Å²) in [4.78, 5) is 12.8. The second kappa shape index (κ2) is 8.50. The average molecular weight is 362 g/mol. The Kier molecular flexibility index (Phi) is 6.67. The average Bonchev–Trinajstić information content (AvgIpc) is 2.47. The van der Waals surface area contributed by atoms with Crippen LogP contribution in [-0.2, 0) is 11.3 Å². The van der Waals surface area contributed by atoms with Crippen molar-refractivity contribution in [1.29, 1.82) is 0 Å². The van der Waals surface area contributed by atoms with Crippen LogP contribution in [0.2, 0.25) is 15.3 Å². The first-order chi connectivity index (χ1) is 10.6. The van der Waals surface area contributed by atoms with Gasteiger partial charge in [0.15, 0.2) is 0 Å². The van der Waals surface area contributed by atoms with Crippen molar-refractivity contribution in [3.8, 4) is 0 Å². The number of nitrogens with zero attached hydrogens (tertiary/aromatic N) is 2. The fraction of sp³-hybridized carbons (Fsp3) is 0.286. The van der Waals surface area contributed by atoms with Gasteiger partial charge in [0.05, 0.1) is 12.3 Å². The highest BCUT2D eigenvalue weighted by Gasteiger charge is 2.10. The summed E-state index contributed by atoms with van der Waals surface area (Å²) in [7, 11) is 0. The van der Waals surface area contributed by atoms with E-state index < -0.39 is 0 Å². The summed E-state index contributed by atoms with van der Waals surface area (Å²) in [5.41, 5.74) is 1.54. The monoisotopic (exact) mass is 360 g/mol. The Labute approximate surface area is 143 Å². The lowest BCUT2D eigenvalue weighted by atomic mass is 10.1. The van der Waals surface area contributed by atoms with Crippen LogP contribution >= 0.6 is 34.8 Å². The molecule has 2 aromatic rings. The number of rotatable bonds is 7. The molecule has 22 heavy (non-hydrogen) atoms. The van der Waals surface area contributed by atoms with Gasteiger partial charge in [-0.15, -0.1) is 0 Å². The molecule has 3 N–H and O–H groups in total. The molecule has 1 aromatic heterocycles. The first kappa shape index (κ1) is 17.2. The molecular formula is C14H15Cl3N4O. The second-order valence-corrected chi connectivity index (χ2v) is 5.69. The summed E-state index contributed by atoms with van der Waals surface area (Å²) in [6, 6.07) is 7.19. The summed E-state index contributed by atoms with van der Waals surface area (Å²) < 4.78 is 0. The maximum absolute atomic E-state index is 6.18. The molecule has 0 amide bonds. The second-order valence-electron chi connectivity index (χ2n) is 4.54. The molecule has 0 aliphatic carbocycles. The van der Waals surface area contributed by atoms with E-state index in [2.05, 4.69) is 20.1 Å². The Morgan fingerprint density at radius 1 is 1.14 bits per heavy atom. The van der Waals surface area contributed by atoms with Gasteiger partial charge in [-0.1, -0.05) is 29.3 Å². The molecule has 1 heterocycles. The Bertz CT molecular complexity index is 619. The van der Waals surface area contributed by atoms with Crippen LogP contribution in [-0.4, -0.2) is 23.1 Å². The van der Waals surface area contributed by atoms with Crippen LogP contribution < -0.4 is 11.2 Å². The van der Waals surface area contributed by atoms with Gasteiger partial charge in [-0.2, -0.15) is 0 Å². The third-order valence-corrected chi connectivity index (χ3v) is 3.79. The highest BCUT2D eigenvalue weighted by molar-refractivity contribution is 6.36. The summed E-state index contributed by atoms with van der Waals surface area (Å²) in [6.45, 7) is 1.13. The number of anilines is 1. The van der Waals surface area contributed by atoms with E-state index in [1.165, 1.54) is 0 Å². The van der Waals surface area contributed by atoms with Crippen molar-refractivity contribution in [2.75, 3.05) is 18.5 Å². The minimum absolute atomic E-state index is 0.165. The van der Waals surface area contributed by atoms with Gasteiger partial charge >= 0.3 is 0 Å². The largest absolute Gasteiger partial charge is 0.370 e. The SMILES string of the molecule is NOCCCNc1cc(Cc2c(Cl)cccc2Cl)nc(Cl)n1. The van der Waals surface area contributed by atoms with Crippen molar-refractivity contribution < 1.29 is 4.84 Å². The number of hydrogen-bond donors (Lipinski definition) is 2. The maximum atomic E-state index is 6.18. The molecule has 1 aromatic carbocycles. The number of aromatic nitrogens is 2. The lowest BCUT2D eigenvalue weighted by molar-refractivity contribution is 0.137. The zero-order chi connectivity index (χ0) is 15.9. The molecule has 0 unspecified atom stereocenters. The van der Waals surface area contributed by atoms with Gasteiger partial charge in [-0.3, -0.25) is 0 Å². The highest BCUT2D eigenvalue weighted by Crippen LogP contribution is 2.27. The highest BCUT2D eigenvalue weighted by atomic mass is 35.5. The predicted octanol–water partition coefficient (Wildman–Crippen LogP) is 3.72. The van der Waals surface area contributed by atoms with Crippen molar-refractivity contribution in [1.82, 2.24) is 9.97 Å². The van der Waals surface area contributed by atoms with Crippen LogP contribution in [0.4, 0.5) is 5.82 Å². The molecule has 0 saturated heterocycles. The third-order valence-electron chi connectivity index (χ3n) is 2.92. The molecule has 0 aliphatic heterocycles. The van der Waals surface area contributed by atoms with Crippen molar-refractivity contribution >= 4 is 40.6 Å². The van der Waals surface area contributed by atoms with Crippen LogP contribution in [0.5, 0.6) is 0 Å². The number of halogens is 3. The maximum Gasteiger partial charge on any atom is 0.224 e. The first-order valence-electron chi connectivity index (χ1n) is 6.62. The third kappa shape index (κ3) is 4.97. The summed E-state index contributed by atoms with van der Waals surface area (Å²) in [6.07, 6.45) is 1.23. The topological polar surface area (TPSA) is 73.1 Å². The standard InChI is InChI=1S/C14H15Cl3N4O/c15-11-3-1-4-12(16)10(11)7-9-8-13(21-14(17)20-9)19-5-2-6-22-18/h1,3-4,8H,2,5-7,18H2,(H,19,20,21). The van der Waals surface area contributed by atoms with Crippen molar-refractivity contribution in [2.24, 2.45) is 5.90 Å². The molecule has 0 saturated carbocycles. The molecule has 0 spiro atoms. The van der Waals surface area contributed by atoms with Gasteiger partial charge in [0, 0.05) is 29.1 Å². The van der Waals surface area contributed by atoms with Gasteiger partial charge < -0.3 is 10.2 Å². The molecule has 0 bridgehead atoms. The van der Waals surface area contributed by atoms with Gasteiger partial charge in [0.25, 0.3) is 0 Å². The molecule has 5 nitrogen and oxygen atoms in total. The lowest BCUT2D eigenvalue weighted by Gasteiger charge is -2.09. The van der Waals surface area contributed by atoms with Crippen LogP contribution in [0.15, 0.2) is 24.3 Å². The van der Waals surface area contributed by atoms with Gasteiger partial charge in [0.1, 0.15) is 5.82 Å². The van der Waals surface area contributed by atoms with E-state index in [9.17, 15) is 0 Å². The number of nitrogens with two attached hydrogens (primary N) is 1. The van der Waals surface area contributed by atoms with E-state index in [0.29, 0.717) is 35.4 Å². The van der Waals surface area contributed by atoms with Crippen molar-refractivity contribution in [2.45, 2.75) is 12.8 Å². The van der Waals surface area contributed by atoms with E-state index in [1.807, 2.05) is 6.07 Å². The molecule has 118 valence electrons. The van der Waals surface area contributed by atoms with Crippen molar-refractivity contribution in [3.63, 3.8) is 0 Å². The summed E-state index contributed by atoms with van der Waals surface area (Å²) >= 11 is 18.3. The Morgan fingerprint density at radius 3 is 2.55 bits per heavy atom. The van der Waals surface area contributed by atoms with Gasteiger partial charge in [-0.05, 0) is 35.7 Å². The van der Waals surface area contributed by atoms with Gasteiger partial charge in [0.2, 0.25) is 5.28 Å². The molecule has 0 fully saturated rings. The van der Waals surface area contributed by atoms with E-state index in [-0.39, 0.29) is 5.28 Å². The Balaban J connectivity index is 2.12. The number of nitrogens with one attached hydrogen (secondary N) is 1. The first-order valence-corrected chi connectivity index (χ1v) is 7.75. The minimum atomic E-state index is 0.165. The van der Waals surface area contributed by atoms with E-state index in [4.69, 9.17) is 40.7 Å². The predicted molar refractivity (Wildman–Crippen MR) is 89.6 cm³/mol. The summed E-state index contributed by atoms with van der Waals surface area (Å²) in [5, 5.41) is 4.49. The van der Waals surface area contributed by atoms with Crippen molar-refractivity contribution in [3.05, 3.63) is 50.9 Å². The molecule has 0 radical (unpaired) electrons. The minimum Gasteiger partial charge on any atom is -0.370 e. The quantitative estimate of drug-likeness (QED) is 0.447. The smallest absolute Gasteiger partial charge is 0.224 e. The van der Waals surface area contributed by atoms with Crippen LogP contribution in [0, 0.1) is 0 Å². The molecule has 0 aliphatic rings. The fourth-order valence-corrected chi connectivity index (χ4v) is 2.63. The number of hydrogen-bond acceptors (Lipinski definition) is 5. The molecule has 8 heteroatoms. The van der Waals surface area contributed by atoms with Crippen LogP contribution in [0.3, 0.4) is 0 Å². The zero-order valence-corrected chi connectivity index (χ0v) is 13.9. The van der Waals surface area contributed by atoms with E-state index in [0.717, 1.165) is 17.7 Å². The van der Waals surface area contributed by atoms with E-state index >= 15 is 0 Å². The molecular weight excluding hydrogens is 347 g/mol.